The molecule has 0 aliphatic carbocycles. The van der Waals surface area contributed by atoms with E-state index in [1.807, 2.05) is 45.9 Å². The third-order valence-electron chi connectivity index (χ3n) is 3.60. The van der Waals surface area contributed by atoms with Gasteiger partial charge in [-0.15, -0.1) is 0 Å². The summed E-state index contributed by atoms with van der Waals surface area (Å²) in [6, 6.07) is 0. The summed E-state index contributed by atoms with van der Waals surface area (Å²) in [6.07, 6.45) is 11.9. The second-order valence-electron chi connectivity index (χ2n) is 5.38. The highest BCUT2D eigenvalue weighted by Crippen LogP contribution is 2.16. The lowest BCUT2D eigenvalue weighted by Gasteiger charge is -2.17. The molecule has 0 fully saturated rings. The molecular formula is C19H34O3. The second-order valence-corrected chi connectivity index (χ2v) is 5.38. The quantitative estimate of drug-likeness (QED) is 0.327. The fourth-order valence-electron chi connectivity index (χ4n) is 1.84. The molecule has 0 rings (SSSR count). The van der Waals surface area contributed by atoms with Crippen LogP contribution >= 0.6 is 0 Å². The van der Waals surface area contributed by atoms with Crippen molar-refractivity contribution in [3.8, 4) is 0 Å². The van der Waals surface area contributed by atoms with E-state index in [2.05, 4.69) is 6.92 Å². The Labute approximate surface area is 137 Å². The van der Waals surface area contributed by atoms with Gasteiger partial charge in [0.2, 0.25) is 0 Å². The molecule has 0 saturated carbocycles. The molecular weight excluding hydrogens is 276 g/mol. The molecule has 22 heavy (non-hydrogen) atoms. The van der Waals surface area contributed by atoms with Crippen LogP contribution in [-0.4, -0.2) is 19.8 Å². The van der Waals surface area contributed by atoms with E-state index in [1.165, 1.54) is 0 Å². The largest absolute Gasteiger partial charge is 0.502 e. The predicted molar refractivity (Wildman–Crippen MR) is 93.5 cm³/mol. The van der Waals surface area contributed by atoms with Crippen LogP contribution < -0.4 is 0 Å². The van der Waals surface area contributed by atoms with Crippen LogP contribution in [0.5, 0.6) is 0 Å². The van der Waals surface area contributed by atoms with Crippen molar-refractivity contribution in [2.75, 3.05) is 19.8 Å². The maximum atomic E-state index is 5.67. The molecule has 0 aromatic rings. The molecule has 3 heteroatoms. The average molecular weight is 310 g/mol. The van der Waals surface area contributed by atoms with Gasteiger partial charge in [0.15, 0.2) is 0 Å². The number of hydrogen-bond donors (Lipinski definition) is 0. The fourth-order valence-corrected chi connectivity index (χ4v) is 1.84. The first-order valence-electron chi connectivity index (χ1n) is 8.42. The van der Waals surface area contributed by atoms with Crippen molar-refractivity contribution in [1.29, 1.82) is 0 Å². The fraction of sp³-hybridized carbons (Fsp3) is 0.684. The Morgan fingerprint density at radius 1 is 0.864 bits per heavy atom. The molecule has 0 aromatic carbocycles. The molecule has 0 atom stereocenters. The van der Waals surface area contributed by atoms with E-state index in [9.17, 15) is 0 Å². The summed E-state index contributed by atoms with van der Waals surface area (Å²) >= 11 is 0. The Hall–Kier alpha value is -1.38. The summed E-state index contributed by atoms with van der Waals surface area (Å²) in [4.78, 5) is 0. The molecule has 0 bridgehead atoms. The highest BCUT2D eigenvalue weighted by molar-refractivity contribution is 4.85. The average Bonchev–Trinajstić information content (AvgIpc) is 2.53. The summed E-state index contributed by atoms with van der Waals surface area (Å²) in [7, 11) is 0. The second kappa shape index (κ2) is 14.6. The predicted octanol–water partition coefficient (Wildman–Crippen LogP) is 5.59. The first-order chi connectivity index (χ1) is 10.6. The summed E-state index contributed by atoms with van der Waals surface area (Å²) in [5, 5.41) is 0. The van der Waals surface area contributed by atoms with E-state index in [0.29, 0.717) is 5.92 Å². The molecule has 0 amide bonds. The van der Waals surface area contributed by atoms with Gasteiger partial charge in [-0.1, -0.05) is 25.2 Å². The highest BCUT2D eigenvalue weighted by Gasteiger charge is 2.10. The van der Waals surface area contributed by atoms with Gasteiger partial charge in [0, 0.05) is 0 Å². The van der Waals surface area contributed by atoms with Gasteiger partial charge in [0.1, 0.15) is 0 Å². The summed E-state index contributed by atoms with van der Waals surface area (Å²) in [5.41, 5.74) is 0. The Morgan fingerprint density at radius 2 is 1.36 bits per heavy atom. The lowest BCUT2D eigenvalue weighted by Crippen LogP contribution is -2.11. The normalized spacial score (nSPS) is 14.2. The molecule has 0 aliphatic rings. The van der Waals surface area contributed by atoms with Gasteiger partial charge in [-0.05, 0) is 59.3 Å². The van der Waals surface area contributed by atoms with Crippen LogP contribution in [0.25, 0.3) is 0 Å². The maximum Gasteiger partial charge on any atom is 0.0886 e. The molecule has 0 saturated heterocycles. The summed E-state index contributed by atoms with van der Waals surface area (Å²) in [6.45, 7) is 12.3. The lowest BCUT2D eigenvalue weighted by molar-refractivity contribution is 0.140. The van der Waals surface area contributed by atoms with Gasteiger partial charge >= 0.3 is 0 Å². The maximum absolute atomic E-state index is 5.67. The molecule has 0 aromatic heterocycles. The van der Waals surface area contributed by atoms with Crippen molar-refractivity contribution in [2.24, 2.45) is 5.92 Å². The van der Waals surface area contributed by atoms with Gasteiger partial charge in [-0.2, -0.15) is 0 Å². The van der Waals surface area contributed by atoms with E-state index in [0.717, 1.165) is 57.0 Å². The third kappa shape index (κ3) is 12.4. The number of ether oxygens (including phenoxy) is 3. The van der Waals surface area contributed by atoms with Gasteiger partial charge in [-0.25, -0.2) is 0 Å². The molecule has 0 radical (unpaired) electrons. The van der Waals surface area contributed by atoms with Crippen LogP contribution in [-0.2, 0) is 14.2 Å². The van der Waals surface area contributed by atoms with E-state index in [4.69, 9.17) is 14.2 Å². The molecule has 0 spiro atoms. The molecule has 0 aliphatic heterocycles. The Bertz CT molecular complexity index is 319. The Morgan fingerprint density at radius 3 is 1.82 bits per heavy atom. The van der Waals surface area contributed by atoms with E-state index >= 15 is 0 Å². The van der Waals surface area contributed by atoms with Crippen LogP contribution in [0.2, 0.25) is 0 Å². The van der Waals surface area contributed by atoms with Crippen molar-refractivity contribution in [1.82, 2.24) is 0 Å². The summed E-state index contributed by atoms with van der Waals surface area (Å²) < 4.78 is 16.9. The van der Waals surface area contributed by atoms with Crippen molar-refractivity contribution in [3.05, 3.63) is 36.0 Å². The van der Waals surface area contributed by atoms with Crippen LogP contribution in [0.1, 0.15) is 60.3 Å². The van der Waals surface area contributed by atoms with Crippen LogP contribution in [0.4, 0.5) is 0 Å². The minimum absolute atomic E-state index is 0.560. The molecule has 0 N–H and O–H groups in total. The zero-order chi connectivity index (χ0) is 16.6. The van der Waals surface area contributed by atoms with E-state index in [1.54, 1.807) is 6.26 Å². The van der Waals surface area contributed by atoms with Crippen molar-refractivity contribution < 1.29 is 14.2 Å². The zero-order valence-electron chi connectivity index (χ0n) is 15.1. The van der Waals surface area contributed by atoms with Gasteiger partial charge in [0.05, 0.1) is 37.6 Å². The first-order valence-corrected chi connectivity index (χ1v) is 8.42. The summed E-state index contributed by atoms with van der Waals surface area (Å²) in [5.74, 6) is 2.54. The zero-order valence-corrected chi connectivity index (χ0v) is 15.1. The van der Waals surface area contributed by atoms with E-state index in [-0.39, 0.29) is 0 Å². The van der Waals surface area contributed by atoms with E-state index < -0.39 is 0 Å². The Balaban J connectivity index is 4.09. The minimum atomic E-state index is 0.560. The topological polar surface area (TPSA) is 27.7 Å². The van der Waals surface area contributed by atoms with Crippen molar-refractivity contribution in [2.45, 2.75) is 60.3 Å². The molecule has 128 valence electrons. The van der Waals surface area contributed by atoms with Crippen molar-refractivity contribution in [3.63, 3.8) is 0 Å². The monoisotopic (exact) mass is 310 g/mol. The van der Waals surface area contributed by atoms with Gasteiger partial charge in [0.25, 0.3) is 0 Å². The molecule has 3 nitrogen and oxygen atoms in total. The van der Waals surface area contributed by atoms with Crippen LogP contribution in [0.15, 0.2) is 36.0 Å². The van der Waals surface area contributed by atoms with Gasteiger partial charge < -0.3 is 14.2 Å². The number of hydrogen-bond acceptors (Lipinski definition) is 3. The Kier molecular flexibility index (Phi) is 13.6. The third-order valence-corrected chi connectivity index (χ3v) is 3.60. The number of rotatable bonds is 13. The highest BCUT2D eigenvalue weighted by atomic mass is 16.5. The van der Waals surface area contributed by atoms with Gasteiger partial charge in [-0.3, -0.25) is 0 Å². The smallest absolute Gasteiger partial charge is 0.0886 e. The molecule has 0 heterocycles. The van der Waals surface area contributed by atoms with Crippen molar-refractivity contribution >= 4 is 0 Å². The van der Waals surface area contributed by atoms with Crippen LogP contribution in [0, 0.1) is 5.92 Å². The first kappa shape index (κ1) is 20.6. The number of allylic oxidation sites excluding steroid dienone is 5. The molecule has 0 unspecified atom stereocenters. The lowest BCUT2D eigenvalue weighted by atomic mass is 9.99. The minimum Gasteiger partial charge on any atom is -0.502 e. The standard InChI is InChI=1S/C19H34O3/c1-6-9-13-20-14-10-19(11-15-21-17(4)7-2)12-16-22-18(5)8-3/h7-9,13,19H,6,10-12,14-16H2,1-5H3/b13-9+,17-7+,18-8+. The SMILES string of the molecule is C/C=C(\C)OCCC(CCO/C=C/CC)CCO/C(C)=C/C. The van der Waals surface area contributed by atoms with Crippen LogP contribution in [0.3, 0.4) is 0 Å².